The van der Waals surface area contributed by atoms with Gasteiger partial charge in [0.15, 0.2) is 5.82 Å². The summed E-state index contributed by atoms with van der Waals surface area (Å²) in [5, 5.41) is 3.49. The van der Waals surface area contributed by atoms with Gasteiger partial charge in [-0.05, 0) is 30.9 Å². The summed E-state index contributed by atoms with van der Waals surface area (Å²) in [5.74, 6) is 2.54. The monoisotopic (exact) mass is 344 g/mol. The summed E-state index contributed by atoms with van der Waals surface area (Å²) < 4.78 is 0. The Morgan fingerprint density at radius 3 is 2.15 bits per heavy atom. The second-order valence-electron chi connectivity index (χ2n) is 6.89. The van der Waals surface area contributed by atoms with Crippen LogP contribution in [0.4, 0.5) is 17.3 Å². The van der Waals surface area contributed by atoms with Gasteiger partial charge in [0, 0.05) is 16.8 Å². The number of rotatable bonds is 4. The molecule has 1 heterocycles. The number of nitrogens with one attached hydrogen (secondary N) is 1. The molecule has 0 spiro atoms. The highest BCUT2D eigenvalue weighted by atomic mass is 15.1. The van der Waals surface area contributed by atoms with Crippen molar-refractivity contribution in [1.82, 2.24) is 9.97 Å². The van der Waals surface area contributed by atoms with Crippen molar-refractivity contribution >= 4 is 17.3 Å². The summed E-state index contributed by atoms with van der Waals surface area (Å²) in [6, 6.07) is 20.2. The van der Waals surface area contributed by atoms with E-state index < -0.39 is 0 Å². The molecule has 0 amide bonds. The van der Waals surface area contributed by atoms with Crippen LogP contribution in [0.5, 0.6) is 0 Å². The summed E-state index contributed by atoms with van der Waals surface area (Å²) in [6.07, 6.45) is 6.11. The van der Waals surface area contributed by atoms with Crippen molar-refractivity contribution < 1.29 is 0 Å². The predicted molar refractivity (Wildman–Crippen MR) is 107 cm³/mol. The first-order valence-corrected chi connectivity index (χ1v) is 9.36. The lowest BCUT2D eigenvalue weighted by atomic mass is 9.84. The maximum absolute atomic E-state index is 6.45. The fourth-order valence-electron chi connectivity index (χ4n) is 3.75. The van der Waals surface area contributed by atoms with E-state index in [0.29, 0.717) is 17.6 Å². The zero-order valence-corrected chi connectivity index (χ0v) is 14.9. The molecule has 0 saturated heterocycles. The van der Waals surface area contributed by atoms with Crippen LogP contribution in [0.1, 0.15) is 43.6 Å². The Kier molecular flexibility index (Phi) is 4.82. The Labute approximate surface area is 154 Å². The molecule has 0 atom stereocenters. The normalized spacial score (nSPS) is 14.9. The molecular weight excluding hydrogens is 320 g/mol. The molecule has 26 heavy (non-hydrogen) atoms. The molecule has 1 aromatic heterocycles. The number of nitrogens with two attached hydrogens (primary N) is 1. The molecule has 4 heteroatoms. The summed E-state index contributed by atoms with van der Waals surface area (Å²) in [5.41, 5.74) is 9.52. The Balaban J connectivity index is 1.79. The molecule has 1 fully saturated rings. The number of benzene rings is 2. The standard InChI is InChI=1S/C22H24N4/c23-20-19(16-10-4-1-5-11-16)22(24-18-14-8-3-9-15-18)26-21(25-20)17-12-6-2-7-13-17/h2-3,6-9,12-16H,1,4-5,10-11H2,(H3,23,24,25,26). The first-order valence-electron chi connectivity index (χ1n) is 9.36. The van der Waals surface area contributed by atoms with Gasteiger partial charge in [0.2, 0.25) is 0 Å². The van der Waals surface area contributed by atoms with Crippen LogP contribution in [0.2, 0.25) is 0 Å². The Bertz CT molecular complexity index is 856. The molecule has 1 aliphatic carbocycles. The third kappa shape index (κ3) is 3.54. The van der Waals surface area contributed by atoms with E-state index in [4.69, 9.17) is 10.7 Å². The molecule has 0 radical (unpaired) electrons. The van der Waals surface area contributed by atoms with Gasteiger partial charge in [-0.25, -0.2) is 9.97 Å². The third-order valence-corrected chi connectivity index (χ3v) is 5.06. The summed E-state index contributed by atoms with van der Waals surface area (Å²) in [6.45, 7) is 0. The van der Waals surface area contributed by atoms with E-state index >= 15 is 0 Å². The van der Waals surface area contributed by atoms with Crippen LogP contribution in [0.15, 0.2) is 60.7 Å². The number of para-hydroxylation sites is 1. The molecule has 1 saturated carbocycles. The third-order valence-electron chi connectivity index (χ3n) is 5.06. The molecule has 1 aliphatic rings. The van der Waals surface area contributed by atoms with Gasteiger partial charge in [0.05, 0.1) is 0 Å². The van der Waals surface area contributed by atoms with Crippen LogP contribution in [0.25, 0.3) is 11.4 Å². The second kappa shape index (κ2) is 7.56. The van der Waals surface area contributed by atoms with Crippen LogP contribution < -0.4 is 11.1 Å². The number of anilines is 3. The van der Waals surface area contributed by atoms with E-state index in [0.717, 1.165) is 35.5 Å². The summed E-state index contributed by atoms with van der Waals surface area (Å²) >= 11 is 0. The first-order chi connectivity index (χ1) is 12.8. The highest BCUT2D eigenvalue weighted by molar-refractivity contribution is 5.69. The number of hydrogen-bond donors (Lipinski definition) is 2. The molecule has 4 rings (SSSR count). The van der Waals surface area contributed by atoms with E-state index in [2.05, 4.69) is 10.3 Å². The zero-order chi connectivity index (χ0) is 17.8. The number of aromatic nitrogens is 2. The fraction of sp³-hybridized carbons (Fsp3) is 0.273. The maximum Gasteiger partial charge on any atom is 0.163 e. The van der Waals surface area contributed by atoms with Crippen molar-refractivity contribution in [2.24, 2.45) is 0 Å². The largest absolute Gasteiger partial charge is 0.383 e. The quantitative estimate of drug-likeness (QED) is 0.654. The van der Waals surface area contributed by atoms with Gasteiger partial charge >= 0.3 is 0 Å². The van der Waals surface area contributed by atoms with Crippen molar-refractivity contribution in [1.29, 1.82) is 0 Å². The molecule has 0 unspecified atom stereocenters. The molecule has 4 nitrogen and oxygen atoms in total. The van der Waals surface area contributed by atoms with Gasteiger partial charge in [0.25, 0.3) is 0 Å². The van der Waals surface area contributed by atoms with E-state index in [1.54, 1.807) is 0 Å². The van der Waals surface area contributed by atoms with Gasteiger partial charge < -0.3 is 11.1 Å². The average Bonchev–Trinajstić information content (AvgIpc) is 2.70. The van der Waals surface area contributed by atoms with Crippen LogP contribution in [0.3, 0.4) is 0 Å². The van der Waals surface area contributed by atoms with Gasteiger partial charge in [0.1, 0.15) is 11.6 Å². The highest BCUT2D eigenvalue weighted by Crippen LogP contribution is 2.40. The molecule has 0 bridgehead atoms. The zero-order valence-electron chi connectivity index (χ0n) is 14.9. The Morgan fingerprint density at radius 1 is 0.808 bits per heavy atom. The molecule has 3 N–H and O–H groups in total. The van der Waals surface area contributed by atoms with Gasteiger partial charge in [-0.15, -0.1) is 0 Å². The molecular formula is C22H24N4. The highest BCUT2D eigenvalue weighted by Gasteiger charge is 2.24. The molecule has 132 valence electrons. The SMILES string of the molecule is Nc1nc(-c2ccccc2)nc(Nc2ccccc2)c1C1CCCCC1. The van der Waals surface area contributed by atoms with Crippen LogP contribution in [-0.4, -0.2) is 9.97 Å². The number of nitrogens with zero attached hydrogens (tertiary/aromatic N) is 2. The second-order valence-corrected chi connectivity index (χ2v) is 6.89. The van der Waals surface area contributed by atoms with Crippen LogP contribution in [0, 0.1) is 0 Å². The Hall–Kier alpha value is -2.88. The minimum absolute atomic E-state index is 0.430. The average molecular weight is 344 g/mol. The van der Waals surface area contributed by atoms with E-state index in [-0.39, 0.29) is 0 Å². The van der Waals surface area contributed by atoms with Crippen LogP contribution >= 0.6 is 0 Å². The van der Waals surface area contributed by atoms with Crippen LogP contribution in [-0.2, 0) is 0 Å². The minimum atomic E-state index is 0.430. The van der Waals surface area contributed by atoms with Gasteiger partial charge in [-0.1, -0.05) is 67.8 Å². The smallest absolute Gasteiger partial charge is 0.163 e. The number of nitrogen functional groups attached to an aromatic ring is 1. The van der Waals surface area contributed by atoms with Crippen molar-refractivity contribution in [3.05, 3.63) is 66.2 Å². The van der Waals surface area contributed by atoms with Crippen molar-refractivity contribution in [3.63, 3.8) is 0 Å². The molecule has 0 aliphatic heterocycles. The van der Waals surface area contributed by atoms with E-state index in [1.807, 2.05) is 60.7 Å². The van der Waals surface area contributed by atoms with Gasteiger partial charge in [-0.3, -0.25) is 0 Å². The van der Waals surface area contributed by atoms with E-state index in [1.165, 1.54) is 19.3 Å². The maximum atomic E-state index is 6.45. The Morgan fingerprint density at radius 2 is 1.46 bits per heavy atom. The lowest BCUT2D eigenvalue weighted by molar-refractivity contribution is 0.444. The van der Waals surface area contributed by atoms with Crippen molar-refractivity contribution in [2.45, 2.75) is 38.0 Å². The number of hydrogen-bond acceptors (Lipinski definition) is 4. The van der Waals surface area contributed by atoms with Gasteiger partial charge in [-0.2, -0.15) is 0 Å². The fourth-order valence-corrected chi connectivity index (χ4v) is 3.75. The predicted octanol–water partition coefficient (Wildman–Crippen LogP) is 5.52. The molecule has 2 aromatic carbocycles. The lowest BCUT2D eigenvalue weighted by Crippen LogP contribution is -2.13. The van der Waals surface area contributed by atoms with Crippen molar-refractivity contribution in [3.8, 4) is 11.4 Å². The summed E-state index contributed by atoms with van der Waals surface area (Å²) in [7, 11) is 0. The molecule has 3 aromatic rings. The van der Waals surface area contributed by atoms with E-state index in [9.17, 15) is 0 Å². The van der Waals surface area contributed by atoms with Crippen molar-refractivity contribution in [2.75, 3.05) is 11.1 Å². The lowest BCUT2D eigenvalue weighted by Gasteiger charge is -2.25. The minimum Gasteiger partial charge on any atom is -0.383 e. The first kappa shape index (κ1) is 16.6. The topological polar surface area (TPSA) is 63.8 Å². The summed E-state index contributed by atoms with van der Waals surface area (Å²) in [4.78, 5) is 9.52.